The predicted octanol–water partition coefficient (Wildman–Crippen LogP) is 0.867. The van der Waals surface area contributed by atoms with Crippen LogP contribution in [0.4, 0.5) is 0 Å². The summed E-state index contributed by atoms with van der Waals surface area (Å²) in [6.07, 6.45) is -0.735. The van der Waals surface area contributed by atoms with E-state index in [0.29, 0.717) is 16.9 Å². The Morgan fingerprint density at radius 1 is 1.60 bits per heavy atom. The highest BCUT2D eigenvalue weighted by molar-refractivity contribution is 5.50. The molecule has 0 fully saturated rings. The van der Waals surface area contributed by atoms with Gasteiger partial charge in [0.05, 0.1) is 18.8 Å². The third kappa shape index (κ3) is 2.27. The molecule has 4 heteroatoms. The minimum absolute atomic E-state index is 0.136. The number of aliphatic hydroxyl groups is 1. The largest absolute Gasteiger partial charge is 0.495 e. The summed E-state index contributed by atoms with van der Waals surface area (Å²) in [6, 6.07) is 5.41. The molecular formula is C11H14N2O2. The number of benzene rings is 1. The quantitative estimate of drug-likeness (QED) is 0.769. The first-order valence-corrected chi connectivity index (χ1v) is 4.60. The molecule has 1 atom stereocenters. The zero-order chi connectivity index (χ0) is 11.4. The van der Waals surface area contributed by atoms with Gasteiger partial charge in [0.15, 0.2) is 0 Å². The van der Waals surface area contributed by atoms with Gasteiger partial charge in [-0.15, -0.1) is 0 Å². The van der Waals surface area contributed by atoms with Crippen molar-refractivity contribution in [2.75, 3.05) is 13.7 Å². The van der Waals surface area contributed by atoms with Gasteiger partial charge in [0.25, 0.3) is 0 Å². The third-order valence-electron chi connectivity index (χ3n) is 2.23. The van der Waals surface area contributed by atoms with Crippen molar-refractivity contribution in [2.24, 2.45) is 5.73 Å². The second-order valence-electron chi connectivity index (χ2n) is 3.28. The Morgan fingerprint density at radius 3 is 2.73 bits per heavy atom. The van der Waals surface area contributed by atoms with Gasteiger partial charge >= 0.3 is 0 Å². The molecule has 0 aliphatic heterocycles. The van der Waals surface area contributed by atoms with E-state index in [0.717, 1.165) is 5.56 Å². The van der Waals surface area contributed by atoms with Gasteiger partial charge in [0.1, 0.15) is 11.8 Å². The molecule has 0 aliphatic rings. The van der Waals surface area contributed by atoms with Crippen LogP contribution in [0.1, 0.15) is 22.8 Å². The van der Waals surface area contributed by atoms with E-state index in [1.54, 1.807) is 12.1 Å². The monoisotopic (exact) mass is 206 g/mol. The van der Waals surface area contributed by atoms with Crippen LogP contribution in [0.3, 0.4) is 0 Å². The molecule has 0 radical (unpaired) electrons. The van der Waals surface area contributed by atoms with E-state index in [1.807, 2.05) is 13.0 Å². The number of nitrogens with two attached hydrogens (primary N) is 1. The van der Waals surface area contributed by atoms with Crippen molar-refractivity contribution in [1.82, 2.24) is 0 Å². The van der Waals surface area contributed by atoms with E-state index in [-0.39, 0.29) is 6.54 Å². The number of rotatable bonds is 3. The SMILES string of the molecule is COc1c(C)cc(C(O)CN)cc1C#N. The number of nitriles is 1. The normalized spacial score (nSPS) is 11.9. The summed E-state index contributed by atoms with van der Waals surface area (Å²) >= 11 is 0. The molecule has 1 aromatic rings. The number of nitrogens with zero attached hydrogens (tertiary/aromatic N) is 1. The Kier molecular flexibility index (Phi) is 3.67. The van der Waals surface area contributed by atoms with Crippen molar-refractivity contribution in [2.45, 2.75) is 13.0 Å². The minimum atomic E-state index is -0.735. The first-order valence-electron chi connectivity index (χ1n) is 4.60. The fraction of sp³-hybridized carbons (Fsp3) is 0.364. The van der Waals surface area contributed by atoms with Crippen LogP contribution in [0.25, 0.3) is 0 Å². The zero-order valence-electron chi connectivity index (χ0n) is 8.82. The van der Waals surface area contributed by atoms with Crippen LogP contribution in [-0.2, 0) is 0 Å². The summed E-state index contributed by atoms with van der Waals surface area (Å²) in [5.74, 6) is 0.547. The van der Waals surface area contributed by atoms with Gasteiger partial charge in [-0.2, -0.15) is 5.26 Å². The fourth-order valence-electron chi connectivity index (χ4n) is 1.48. The van der Waals surface area contributed by atoms with Crippen LogP contribution >= 0.6 is 0 Å². The van der Waals surface area contributed by atoms with Crippen molar-refractivity contribution < 1.29 is 9.84 Å². The smallest absolute Gasteiger partial charge is 0.139 e. The summed E-state index contributed by atoms with van der Waals surface area (Å²) in [4.78, 5) is 0. The number of aryl methyl sites for hydroxylation is 1. The Bertz CT molecular complexity index is 396. The maximum atomic E-state index is 9.56. The highest BCUT2D eigenvalue weighted by Crippen LogP contribution is 2.26. The van der Waals surface area contributed by atoms with E-state index in [1.165, 1.54) is 7.11 Å². The van der Waals surface area contributed by atoms with Crippen molar-refractivity contribution in [3.05, 3.63) is 28.8 Å². The Hall–Kier alpha value is -1.57. The average molecular weight is 206 g/mol. The number of hydrogen-bond acceptors (Lipinski definition) is 4. The van der Waals surface area contributed by atoms with Gasteiger partial charge in [-0.1, -0.05) is 0 Å². The van der Waals surface area contributed by atoms with Gasteiger partial charge in [-0.05, 0) is 30.2 Å². The molecule has 0 saturated carbocycles. The highest BCUT2D eigenvalue weighted by atomic mass is 16.5. The molecule has 0 aromatic heterocycles. The zero-order valence-corrected chi connectivity index (χ0v) is 8.82. The van der Waals surface area contributed by atoms with Crippen molar-refractivity contribution in [3.63, 3.8) is 0 Å². The van der Waals surface area contributed by atoms with E-state index in [2.05, 4.69) is 0 Å². The lowest BCUT2D eigenvalue weighted by Crippen LogP contribution is -2.12. The maximum Gasteiger partial charge on any atom is 0.139 e. The molecule has 0 aliphatic carbocycles. The Labute approximate surface area is 88.9 Å². The average Bonchev–Trinajstić information content (AvgIpc) is 2.26. The Balaban J connectivity index is 3.27. The lowest BCUT2D eigenvalue weighted by Gasteiger charge is -2.12. The van der Waals surface area contributed by atoms with Crippen molar-refractivity contribution in [3.8, 4) is 11.8 Å². The molecule has 4 nitrogen and oxygen atoms in total. The molecule has 1 aromatic carbocycles. The van der Waals surface area contributed by atoms with Crippen LogP contribution < -0.4 is 10.5 Å². The van der Waals surface area contributed by atoms with Gasteiger partial charge in [-0.25, -0.2) is 0 Å². The Morgan fingerprint density at radius 2 is 2.27 bits per heavy atom. The minimum Gasteiger partial charge on any atom is -0.495 e. The molecule has 15 heavy (non-hydrogen) atoms. The van der Waals surface area contributed by atoms with Gasteiger partial charge in [0, 0.05) is 6.54 Å². The lowest BCUT2D eigenvalue weighted by atomic mass is 10.0. The standard InChI is InChI=1S/C11H14N2O2/c1-7-3-8(10(14)6-13)4-9(5-12)11(7)15-2/h3-4,10,14H,6,13H2,1-2H3. The molecule has 0 saturated heterocycles. The number of ether oxygens (including phenoxy) is 1. The summed E-state index contributed by atoms with van der Waals surface area (Å²) < 4.78 is 5.10. The molecule has 1 unspecified atom stereocenters. The van der Waals surface area contributed by atoms with Crippen LogP contribution in [0.2, 0.25) is 0 Å². The molecule has 0 amide bonds. The van der Waals surface area contributed by atoms with Crippen molar-refractivity contribution >= 4 is 0 Å². The first-order chi connectivity index (χ1) is 7.13. The molecule has 3 N–H and O–H groups in total. The molecule has 1 rings (SSSR count). The van der Waals surface area contributed by atoms with Gasteiger partial charge in [0.2, 0.25) is 0 Å². The van der Waals surface area contributed by atoms with E-state index in [9.17, 15) is 5.11 Å². The maximum absolute atomic E-state index is 9.56. The molecular weight excluding hydrogens is 192 g/mol. The second-order valence-corrected chi connectivity index (χ2v) is 3.28. The van der Waals surface area contributed by atoms with Crippen LogP contribution in [-0.4, -0.2) is 18.8 Å². The first kappa shape index (κ1) is 11.5. The molecule has 0 heterocycles. The van der Waals surface area contributed by atoms with Crippen LogP contribution in [0.5, 0.6) is 5.75 Å². The summed E-state index contributed by atoms with van der Waals surface area (Å²) in [7, 11) is 1.52. The van der Waals surface area contributed by atoms with Crippen molar-refractivity contribution in [1.29, 1.82) is 5.26 Å². The number of aliphatic hydroxyl groups excluding tert-OH is 1. The fourth-order valence-corrected chi connectivity index (χ4v) is 1.48. The highest BCUT2D eigenvalue weighted by Gasteiger charge is 2.12. The van der Waals surface area contributed by atoms with Gasteiger partial charge < -0.3 is 15.6 Å². The molecule has 80 valence electrons. The number of hydrogen-bond donors (Lipinski definition) is 2. The van der Waals surface area contributed by atoms with E-state index < -0.39 is 6.10 Å². The molecule has 0 spiro atoms. The third-order valence-corrected chi connectivity index (χ3v) is 2.23. The predicted molar refractivity (Wildman–Crippen MR) is 56.5 cm³/mol. The summed E-state index contributed by atoms with van der Waals surface area (Å²) in [6.45, 7) is 1.96. The van der Waals surface area contributed by atoms with Crippen LogP contribution in [0.15, 0.2) is 12.1 Å². The van der Waals surface area contributed by atoms with Gasteiger partial charge in [-0.3, -0.25) is 0 Å². The van der Waals surface area contributed by atoms with E-state index in [4.69, 9.17) is 15.7 Å². The summed E-state index contributed by atoms with van der Waals surface area (Å²) in [5.41, 5.74) is 7.23. The second kappa shape index (κ2) is 4.78. The number of methoxy groups -OCH3 is 1. The summed E-state index contributed by atoms with van der Waals surface area (Å²) in [5, 5.41) is 18.5. The topological polar surface area (TPSA) is 79.3 Å². The molecule has 0 bridgehead atoms. The van der Waals surface area contributed by atoms with E-state index >= 15 is 0 Å². The van der Waals surface area contributed by atoms with Crippen LogP contribution in [0, 0.1) is 18.3 Å². The lowest BCUT2D eigenvalue weighted by molar-refractivity contribution is 0.186.